The largest absolute Gasteiger partial charge is 0.480 e. The predicted octanol–water partition coefficient (Wildman–Crippen LogP) is 1.19. The number of carboxylic acid groups (broad SMARTS) is 1. The van der Waals surface area contributed by atoms with Gasteiger partial charge in [0.15, 0.2) is 5.82 Å². The SMILES string of the molecule is CCc1cccc(CC(=O)N2Cc3nnc(C)n3CC2C(=O)O)c1. The third-order valence-electron chi connectivity index (χ3n) is 4.42. The van der Waals surface area contributed by atoms with Crippen molar-refractivity contribution in [2.75, 3.05) is 0 Å². The van der Waals surface area contributed by atoms with Gasteiger partial charge in [-0.05, 0) is 24.5 Å². The molecule has 1 aromatic heterocycles. The Hall–Kier alpha value is -2.70. The average Bonchev–Trinajstić information content (AvgIpc) is 2.94. The Labute approximate surface area is 139 Å². The number of aryl methyl sites for hydroxylation is 2. The van der Waals surface area contributed by atoms with Gasteiger partial charge in [0.2, 0.25) is 5.91 Å². The molecule has 2 heterocycles. The van der Waals surface area contributed by atoms with Crippen LogP contribution in [-0.2, 0) is 35.5 Å². The number of benzene rings is 1. The Bertz CT molecular complexity index is 784. The second-order valence-electron chi connectivity index (χ2n) is 6.00. The van der Waals surface area contributed by atoms with E-state index in [1.807, 2.05) is 24.3 Å². The molecule has 1 aromatic carbocycles. The Kier molecular flexibility index (Phi) is 4.33. The zero-order chi connectivity index (χ0) is 17.3. The standard InChI is InChI=1S/C17H20N4O3/c1-3-12-5-4-6-13(7-12)8-16(22)21-10-15-19-18-11(2)20(15)9-14(21)17(23)24/h4-7,14H,3,8-10H2,1-2H3,(H,23,24). The number of nitrogens with zero attached hydrogens (tertiary/aromatic N) is 4. The summed E-state index contributed by atoms with van der Waals surface area (Å²) in [5.41, 5.74) is 2.05. The molecule has 1 aliphatic rings. The average molecular weight is 328 g/mol. The Morgan fingerprint density at radius 1 is 1.29 bits per heavy atom. The van der Waals surface area contributed by atoms with Gasteiger partial charge in [-0.15, -0.1) is 10.2 Å². The number of carboxylic acids is 1. The molecule has 7 nitrogen and oxygen atoms in total. The molecular weight excluding hydrogens is 308 g/mol. The number of fused-ring (bicyclic) bond motifs is 1. The highest BCUT2D eigenvalue weighted by atomic mass is 16.4. The molecule has 0 radical (unpaired) electrons. The van der Waals surface area contributed by atoms with Crippen LogP contribution in [0.15, 0.2) is 24.3 Å². The summed E-state index contributed by atoms with van der Waals surface area (Å²) in [6.07, 6.45) is 1.08. The van der Waals surface area contributed by atoms with Crippen molar-refractivity contribution in [3.05, 3.63) is 47.0 Å². The summed E-state index contributed by atoms with van der Waals surface area (Å²) in [4.78, 5) is 25.7. The summed E-state index contributed by atoms with van der Waals surface area (Å²) in [5.74, 6) is 0.0756. The third-order valence-corrected chi connectivity index (χ3v) is 4.42. The molecular formula is C17H20N4O3. The molecule has 2 aromatic rings. The fourth-order valence-corrected chi connectivity index (χ4v) is 3.02. The van der Waals surface area contributed by atoms with Crippen molar-refractivity contribution >= 4 is 11.9 Å². The lowest BCUT2D eigenvalue weighted by atomic mass is 10.0. The molecule has 3 rings (SSSR count). The van der Waals surface area contributed by atoms with Gasteiger partial charge in [0.05, 0.1) is 19.5 Å². The first kappa shape index (κ1) is 16.2. The van der Waals surface area contributed by atoms with Crippen molar-refractivity contribution in [3.63, 3.8) is 0 Å². The smallest absolute Gasteiger partial charge is 0.328 e. The molecule has 7 heteroatoms. The van der Waals surface area contributed by atoms with Gasteiger partial charge in [0.25, 0.3) is 0 Å². The fourth-order valence-electron chi connectivity index (χ4n) is 3.02. The maximum atomic E-state index is 12.7. The number of rotatable bonds is 4. The summed E-state index contributed by atoms with van der Waals surface area (Å²) in [7, 11) is 0. The van der Waals surface area contributed by atoms with Crippen LogP contribution >= 0.6 is 0 Å². The van der Waals surface area contributed by atoms with Gasteiger partial charge in [-0.25, -0.2) is 4.79 Å². The highest BCUT2D eigenvalue weighted by molar-refractivity contribution is 5.85. The summed E-state index contributed by atoms with van der Waals surface area (Å²) in [5, 5.41) is 17.5. The zero-order valence-corrected chi connectivity index (χ0v) is 13.8. The normalized spacial score (nSPS) is 16.8. The lowest BCUT2D eigenvalue weighted by Crippen LogP contribution is -2.51. The van der Waals surface area contributed by atoms with Crippen molar-refractivity contribution in [2.24, 2.45) is 0 Å². The number of aliphatic carboxylic acids is 1. The van der Waals surface area contributed by atoms with E-state index in [1.165, 1.54) is 4.90 Å². The van der Waals surface area contributed by atoms with Crippen molar-refractivity contribution in [3.8, 4) is 0 Å². The fraction of sp³-hybridized carbons (Fsp3) is 0.412. The lowest BCUT2D eigenvalue weighted by Gasteiger charge is -2.33. The van der Waals surface area contributed by atoms with E-state index in [2.05, 4.69) is 17.1 Å². The topological polar surface area (TPSA) is 88.3 Å². The van der Waals surface area contributed by atoms with E-state index >= 15 is 0 Å². The summed E-state index contributed by atoms with van der Waals surface area (Å²) >= 11 is 0. The molecule has 1 amide bonds. The van der Waals surface area contributed by atoms with Gasteiger partial charge in [-0.1, -0.05) is 31.2 Å². The van der Waals surface area contributed by atoms with Gasteiger partial charge < -0.3 is 14.6 Å². The van der Waals surface area contributed by atoms with Crippen molar-refractivity contribution in [1.82, 2.24) is 19.7 Å². The molecule has 24 heavy (non-hydrogen) atoms. The van der Waals surface area contributed by atoms with Crippen LogP contribution in [0.2, 0.25) is 0 Å². The van der Waals surface area contributed by atoms with Crippen LogP contribution in [-0.4, -0.2) is 42.7 Å². The van der Waals surface area contributed by atoms with Gasteiger partial charge in [-0.2, -0.15) is 0 Å². The highest BCUT2D eigenvalue weighted by Gasteiger charge is 2.36. The van der Waals surface area contributed by atoms with Crippen molar-refractivity contribution in [2.45, 2.75) is 45.8 Å². The minimum Gasteiger partial charge on any atom is -0.480 e. The second kappa shape index (κ2) is 6.43. The molecule has 0 fully saturated rings. The number of amides is 1. The molecule has 0 bridgehead atoms. The minimum absolute atomic E-state index is 0.171. The predicted molar refractivity (Wildman–Crippen MR) is 86.3 cm³/mol. The quantitative estimate of drug-likeness (QED) is 0.911. The Morgan fingerprint density at radius 2 is 2.04 bits per heavy atom. The van der Waals surface area contributed by atoms with E-state index in [1.54, 1.807) is 11.5 Å². The molecule has 0 aliphatic carbocycles. The maximum absolute atomic E-state index is 12.7. The Morgan fingerprint density at radius 3 is 2.75 bits per heavy atom. The van der Waals surface area contributed by atoms with Crippen LogP contribution in [0.1, 0.15) is 29.7 Å². The van der Waals surface area contributed by atoms with Gasteiger partial charge in [-0.3, -0.25) is 4.79 Å². The summed E-state index contributed by atoms with van der Waals surface area (Å²) in [6, 6.07) is 6.93. The first-order chi connectivity index (χ1) is 11.5. The Balaban J connectivity index is 1.83. The third kappa shape index (κ3) is 3.02. The monoisotopic (exact) mass is 328 g/mol. The van der Waals surface area contributed by atoms with E-state index in [4.69, 9.17) is 0 Å². The number of carbonyl (C=O) groups excluding carboxylic acids is 1. The van der Waals surface area contributed by atoms with Crippen molar-refractivity contribution in [1.29, 1.82) is 0 Å². The maximum Gasteiger partial charge on any atom is 0.328 e. The van der Waals surface area contributed by atoms with Crippen LogP contribution in [0, 0.1) is 6.92 Å². The minimum atomic E-state index is -1.01. The molecule has 1 aliphatic heterocycles. The number of hydrogen-bond acceptors (Lipinski definition) is 4. The van der Waals surface area contributed by atoms with Gasteiger partial charge in [0, 0.05) is 0 Å². The van der Waals surface area contributed by atoms with Crippen LogP contribution in [0.3, 0.4) is 0 Å². The second-order valence-corrected chi connectivity index (χ2v) is 6.00. The van der Waals surface area contributed by atoms with E-state index < -0.39 is 12.0 Å². The van der Waals surface area contributed by atoms with Crippen LogP contribution in [0.25, 0.3) is 0 Å². The molecule has 0 saturated carbocycles. The van der Waals surface area contributed by atoms with Crippen LogP contribution in [0.5, 0.6) is 0 Å². The first-order valence-corrected chi connectivity index (χ1v) is 7.98. The number of carbonyl (C=O) groups is 2. The van der Waals surface area contributed by atoms with Crippen molar-refractivity contribution < 1.29 is 14.7 Å². The zero-order valence-electron chi connectivity index (χ0n) is 13.8. The highest BCUT2D eigenvalue weighted by Crippen LogP contribution is 2.19. The van der Waals surface area contributed by atoms with Crippen LogP contribution in [0.4, 0.5) is 0 Å². The molecule has 0 saturated heterocycles. The van der Waals surface area contributed by atoms with E-state index in [-0.39, 0.29) is 25.4 Å². The van der Waals surface area contributed by atoms with E-state index in [0.717, 1.165) is 17.5 Å². The molecule has 0 spiro atoms. The van der Waals surface area contributed by atoms with E-state index in [9.17, 15) is 14.7 Å². The summed E-state index contributed by atoms with van der Waals surface area (Å²) < 4.78 is 1.76. The first-order valence-electron chi connectivity index (χ1n) is 7.98. The molecule has 1 atom stereocenters. The molecule has 126 valence electrons. The van der Waals surface area contributed by atoms with Gasteiger partial charge >= 0.3 is 5.97 Å². The molecule has 1 N–H and O–H groups in total. The number of hydrogen-bond donors (Lipinski definition) is 1. The van der Waals surface area contributed by atoms with Crippen LogP contribution < -0.4 is 0 Å². The molecule has 1 unspecified atom stereocenters. The number of aromatic nitrogens is 3. The van der Waals surface area contributed by atoms with Gasteiger partial charge in [0.1, 0.15) is 11.9 Å². The lowest BCUT2D eigenvalue weighted by molar-refractivity contribution is -0.152. The van der Waals surface area contributed by atoms with E-state index in [0.29, 0.717) is 11.6 Å². The summed E-state index contributed by atoms with van der Waals surface area (Å²) in [6.45, 7) is 4.19.